The maximum absolute atomic E-state index is 12.2. The fraction of sp³-hybridized carbons (Fsp3) is 0.909. The minimum atomic E-state index is -3.52. The van der Waals surface area contributed by atoms with Crippen LogP contribution >= 0.6 is 0 Å². The van der Waals surface area contributed by atoms with Crippen LogP contribution in [-0.2, 0) is 15.0 Å². The van der Waals surface area contributed by atoms with Gasteiger partial charge in [0.1, 0.15) is 0 Å². The molecule has 1 unspecified atom stereocenters. The quantitative estimate of drug-likeness (QED) is 0.799. The summed E-state index contributed by atoms with van der Waals surface area (Å²) in [6.07, 6.45) is 1.15. The topological polar surface area (TPSA) is 77.9 Å². The number of nitrogens with zero attached hydrogens (tertiary/aromatic N) is 2. The molecule has 0 aromatic heterocycles. The van der Waals surface area contributed by atoms with E-state index < -0.39 is 22.1 Å². The first-order valence-electron chi connectivity index (χ1n) is 6.19. The monoisotopic (exact) mass is 278 g/mol. The first kappa shape index (κ1) is 15.4. The summed E-state index contributed by atoms with van der Waals surface area (Å²) in [5.41, 5.74) is 0. The number of hydrogen-bond donors (Lipinski definition) is 1. The highest BCUT2D eigenvalue weighted by Crippen LogP contribution is 2.21. The van der Waals surface area contributed by atoms with E-state index in [1.54, 1.807) is 7.05 Å². The first-order chi connectivity index (χ1) is 8.25. The van der Waals surface area contributed by atoms with Crippen LogP contribution in [0, 0.1) is 11.8 Å². The van der Waals surface area contributed by atoms with Crippen LogP contribution < -0.4 is 0 Å². The second-order valence-electron chi connectivity index (χ2n) is 5.22. The third kappa shape index (κ3) is 3.66. The second-order valence-corrected chi connectivity index (χ2v) is 7.25. The van der Waals surface area contributed by atoms with Crippen molar-refractivity contribution >= 4 is 16.2 Å². The van der Waals surface area contributed by atoms with Gasteiger partial charge in [0.25, 0.3) is 10.2 Å². The molecule has 1 fully saturated rings. The standard InChI is InChI=1S/C11H22N2O4S/c1-9(2)7-12(3)18(16,17)13-6-4-5-10(8-13)11(14)15/h9-10H,4-8H2,1-3H3,(H,14,15). The summed E-state index contributed by atoms with van der Waals surface area (Å²) in [4.78, 5) is 10.9. The van der Waals surface area contributed by atoms with Gasteiger partial charge < -0.3 is 5.11 Å². The van der Waals surface area contributed by atoms with Crippen LogP contribution in [-0.4, -0.2) is 54.8 Å². The van der Waals surface area contributed by atoms with Crippen LogP contribution in [0.5, 0.6) is 0 Å². The zero-order valence-corrected chi connectivity index (χ0v) is 12.0. The van der Waals surface area contributed by atoms with Crippen molar-refractivity contribution in [1.29, 1.82) is 0 Å². The van der Waals surface area contributed by atoms with E-state index in [2.05, 4.69) is 0 Å². The lowest BCUT2D eigenvalue weighted by Gasteiger charge is -2.33. The van der Waals surface area contributed by atoms with Gasteiger partial charge in [0.15, 0.2) is 0 Å². The van der Waals surface area contributed by atoms with Crippen molar-refractivity contribution in [2.24, 2.45) is 11.8 Å². The molecule has 0 amide bonds. The van der Waals surface area contributed by atoms with Crippen molar-refractivity contribution in [3.05, 3.63) is 0 Å². The summed E-state index contributed by atoms with van der Waals surface area (Å²) in [7, 11) is -1.98. The van der Waals surface area contributed by atoms with Crippen LogP contribution in [0.15, 0.2) is 0 Å². The number of rotatable bonds is 5. The smallest absolute Gasteiger partial charge is 0.307 e. The maximum atomic E-state index is 12.2. The molecular weight excluding hydrogens is 256 g/mol. The van der Waals surface area contributed by atoms with Crippen LogP contribution in [0.2, 0.25) is 0 Å². The Bertz CT molecular complexity index is 394. The van der Waals surface area contributed by atoms with Crippen molar-refractivity contribution in [1.82, 2.24) is 8.61 Å². The van der Waals surface area contributed by atoms with E-state index in [1.165, 1.54) is 8.61 Å². The van der Waals surface area contributed by atoms with Gasteiger partial charge in [-0.1, -0.05) is 13.8 Å². The third-order valence-corrected chi connectivity index (χ3v) is 5.00. The lowest BCUT2D eigenvalue weighted by molar-refractivity contribution is -0.142. The Kier molecular flexibility index (Phi) is 5.12. The number of piperidine rings is 1. The van der Waals surface area contributed by atoms with Gasteiger partial charge >= 0.3 is 5.97 Å². The molecule has 0 saturated carbocycles. The number of carboxylic acids is 1. The van der Waals surface area contributed by atoms with Crippen LogP contribution in [0.1, 0.15) is 26.7 Å². The van der Waals surface area contributed by atoms with Gasteiger partial charge in [0.05, 0.1) is 5.92 Å². The molecule has 0 aromatic rings. The summed E-state index contributed by atoms with van der Waals surface area (Å²) in [5.74, 6) is -1.26. The average molecular weight is 278 g/mol. The number of carboxylic acid groups (broad SMARTS) is 1. The van der Waals surface area contributed by atoms with Gasteiger partial charge in [0, 0.05) is 26.7 Å². The van der Waals surface area contributed by atoms with E-state index in [0.29, 0.717) is 25.9 Å². The van der Waals surface area contributed by atoms with E-state index in [4.69, 9.17) is 5.11 Å². The molecule has 1 aliphatic heterocycles. The highest BCUT2D eigenvalue weighted by atomic mass is 32.2. The highest BCUT2D eigenvalue weighted by Gasteiger charge is 2.34. The molecule has 7 heteroatoms. The molecule has 106 valence electrons. The largest absolute Gasteiger partial charge is 0.481 e. The Labute approximate surface area is 109 Å². The minimum Gasteiger partial charge on any atom is -0.481 e. The predicted molar refractivity (Wildman–Crippen MR) is 68.3 cm³/mol. The van der Waals surface area contributed by atoms with Gasteiger partial charge in [-0.2, -0.15) is 17.0 Å². The zero-order valence-electron chi connectivity index (χ0n) is 11.2. The van der Waals surface area contributed by atoms with E-state index in [1.807, 2.05) is 13.8 Å². The van der Waals surface area contributed by atoms with E-state index in [0.717, 1.165) is 0 Å². The van der Waals surface area contributed by atoms with E-state index in [9.17, 15) is 13.2 Å². The van der Waals surface area contributed by atoms with Gasteiger partial charge in [-0.3, -0.25) is 4.79 Å². The molecule has 0 aromatic carbocycles. The molecule has 0 aliphatic carbocycles. The van der Waals surface area contributed by atoms with Gasteiger partial charge in [-0.15, -0.1) is 0 Å². The summed E-state index contributed by atoms with van der Waals surface area (Å²) < 4.78 is 27.1. The van der Waals surface area contributed by atoms with Crippen LogP contribution in [0.4, 0.5) is 0 Å². The first-order valence-corrected chi connectivity index (χ1v) is 7.59. The fourth-order valence-corrected chi connectivity index (χ4v) is 3.77. The molecule has 18 heavy (non-hydrogen) atoms. The minimum absolute atomic E-state index is 0.0834. The lowest BCUT2D eigenvalue weighted by Crippen LogP contribution is -2.48. The third-order valence-electron chi connectivity index (χ3n) is 3.08. The highest BCUT2D eigenvalue weighted by molar-refractivity contribution is 7.86. The summed E-state index contributed by atoms with van der Waals surface area (Å²) in [6, 6.07) is 0. The van der Waals surface area contributed by atoms with Crippen LogP contribution in [0.25, 0.3) is 0 Å². The number of carbonyl (C=O) groups is 1. The molecule has 1 atom stereocenters. The Balaban J connectivity index is 2.75. The molecular formula is C11H22N2O4S. The maximum Gasteiger partial charge on any atom is 0.307 e. The number of hydrogen-bond acceptors (Lipinski definition) is 3. The van der Waals surface area contributed by atoms with Gasteiger partial charge in [0.2, 0.25) is 0 Å². The molecule has 0 radical (unpaired) electrons. The summed E-state index contributed by atoms with van der Waals surface area (Å²) in [6.45, 7) is 4.83. The molecule has 1 N–H and O–H groups in total. The second kappa shape index (κ2) is 5.99. The Morgan fingerprint density at radius 3 is 2.61 bits per heavy atom. The van der Waals surface area contributed by atoms with Crippen molar-refractivity contribution in [3.8, 4) is 0 Å². The van der Waals surface area contributed by atoms with E-state index in [-0.39, 0.29) is 12.5 Å². The van der Waals surface area contributed by atoms with Crippen LogP contribution in [0.3, 0.4) is 0 Å². The van der Waals surface area contributed by atoms with Crippen molar-refractivity contribution < 1.29 is 18.3 Å². The average Bonchev–Trinajstić information content (AvgIpc) is 2.28. The Morgan fingerprint density at radius 2 is 2.11 bits per heavy atom. The number of aliphatic carboxylic acids is 1. The predicted octanol–water partition coefficient (Wildman–Crippen LogP) is 0.616. The molecule has 1 aliphatic rings. The Hall–Kier alpha value is -0.660. The summed E-state index contributed by atoms with van der Waals surface area (Å²) >= 11 is 0. The molecule has 0 spiro atoms. The molecule has 0 bridgehead atoms. The lowest BCUT2D eigenvalue weighted by atomic mass is 10.0. The SMILES string of the molecule is CC(C)CN(C)S(=O)(=O)N1CCCC(C(=O)O)C1. The molecule has 1 rings (SSSR count). The van der Waals surface area contributed by atoms with Crippen molar-refractivity contribution in [2.45, 2.75) is 26.7 Å². The van der Waals surface area contributed by atoms with Crippen molar-refractivity contribution in [2.75, 3.05) is 26.7 Å². The molecule has 1 saturated heterocycles. The molecule has 6 nitrogen and oxygen atoms in total. The van der Waals surface area contributed by atoms with Gasteiger partial charge in [-0.25, -0.2) is 0 Å². The summed E-state index contributed by atoms with van der Waals surface area (Å²) in [5, 5.41) is 8.97. The van der Waals surface area contributed by atoms with E-state index >= 15 is 0 Å². The van der Waals surface area contributed by atoms with Gasteiger partial charge in [-0.05, 0) is 18.8 Å². The fourth-order valence-electron chi connectivity index (χ4n) is 2.16. The molecule has 1 heterocycles. The van der Waals surface area contributed by atoms with Crippen molar-refractivity contribution in [3.63, 3.8) is 0 Å². The zero-order chi connectivity index (χ0) is 13.9. The Morgan fingerprint density at radius 1 is 1.50 bits per heavy atom. The normalized spacial score (nSPS) is 22.6.